The average Bonchev–Trinajstić information content (AvgIpc) is 2.90. The number of carbonyl (C=O) groups excluding carboxylic acids is 1. The maximum absolute atomic E-state index is 12.7. The SMILES string of the molecule is Nc1cc(C(F)(F)F)c(Br)nc1C(=O)NCC1CCCO1. The van der Waals surface area contributed by atoms with E-state index in [-0.39, 0.29) is 24.0 Å². The number of alkyl halides is 3. The van der Waals surface area contributed by atoms with E-state index in [0.717, 1.165) is 12.8 Å². The molecule has 116 valence electrons. The van der Waals surface area contributed by atoms with Gasteiger partial charge in [0.1, 0.15) is 4.60 Å². The second-order valence-corrected chi connectivity index (χ2v) is 5.36. The largest absolute Gasteiger partial charge is 0.419 e. The molecule has 0 aliphatic carbocycles. The van der Waals surface area contributed by atoms with Crippen molar-refractivity contribution >= 4 is 27.5 Å². The number of rotatable bonds is 3. The number of halogens is 4. The van der Waals surface area contributed by atoms with Crippen LogP contribution in [0.25, 0.3) is 0 Å². The number of ether oxygens (including phenoxy) is 1. The summed E-state index contributed by atoms with van der Waals surface area (Å²) in [6, 6.07) is 0.693. The lowest BCUT2D eigenvalue weighted by atomic mass is 10.2. The Morgan fingerprint density at radius 3 is 2.86 bits per heavy atom. The van der Waals surface area contributed by atoms with Gasteiger partial charge in [-0.25, -0.2) is 4.98 Å². The van der Waals surface area contributed by atoms with Crippen molar-refractivity contribution in [2.75, 3.05) is 18.9 Å². The molecule has 2 heterocycles. The zero-order valence-electron chi connectivity index (χ0n) is 10.8. The van der Waals surface area contributed by atoms with Gasteiger partial charge in [-0.15, -0.1) is 0 Å². The van der Waals surface area contributed by atoms with Crippen LogP contribution in [0.5, 0.6) is 0 Å². The number of nitrogen functional groups attached to an aromatic ring is 1. The monoisotopic (exact) mass is 367 g/mol. The van der Waals surface area contributed by atoms with Crippen LogP contribution in [0, 0.1) is 0 Å². The molecule has 1 unspecified atom stereocenters. The zero-order chi connectivity index (χ0) is 15.6. The van der Waals surface area contributed by atoms with E-state index in [1.165, 1.54) is 0 Å². The van der Waals surface area contributed by atoms with Crippen LogP contribution in [0.15, 0.2) is 10.7 Å². The predicted molar refractivity (Wildman–Crippen MR) is 72.7 cm³/mol. The number of nitrogens with one attached hydrogen (secondary N) is 1. The van der Waals surface area contributed by atoms with Gasteiger partial charge in [0, 0.05) is 13.2 Å². The first-order valence-electron chi connectivity index (χ1n) is 6.22. The topological polar surface area (TPSA) is 77.2 Å². The van der Waals surface area contributed by atoms with E-state index < -0.39 is 22.3 Å². The van der Waals surface area contributed by atoms with Gasteiger partial charge in [0.15, 0.2) is 5.69 Å². The maximum atomic E-state index is 12.7. The molecule has 2 rings (SSSR count). The molecule has 1 atom stereocenters. The van der Waals surface area contributed by atoms with E-state index >= 15 is 0 Å². The van der Waals surface area contributed by atoms with Crippen molar-refractivity contribution in [2.24, 2.45) is 0 Å². The van der Waals surface area contributed by atoms with Gasteiger partial charge in [0.05, 0.1) is 17.4 Å². The molecule has 1 aliphatic heterocycles. The number of aromatic nitrogens is 1. The summed E-state index contributed by atoms with van der Waals surface area (Å²) < 4.78 is 42.9. The van der Waals surface area contributed by atoms with Gasteiger partial charge in [-0.2, -0.15) is 13.2 Å². The summed E-state index contributed by atoms with van der Waals surface area (Å²) in [7, 11) is 0. The molecule has 0 radical (unpaired) electrons. The first-order chi connectivity index (χ1) is 9.79. The first kappa shape index (κ1) is 16.0. The van der Waals surface area contributed by atoms with Gasteiger partial charge in [0.25, 0.3) is 5.91 Å². The molecule has 0 aromatic carbocycles. The minimum atomic E-state index is -4.59. The van der Waals surface area contributed by atoms with E-state index in [1.807, 2.05) is 0 Å². The van der Waals surface area contributed by atoms with Crippen molar-refractivity contribution < 1.29 is 22.7 Å². The van der Waals surface area contributed by atoms with Crippen molar-refractivity contribution in [1.29, 1.82) is 0 Å². The van der Waals surface area contributed by atoms with E-state index in [1.54, 1.807) is 0 Å². The standard InChI is InChI=1S/C12H13BrF3N3O2/c13-10-7(12(14,15)16)4-8(17)9(19-10)11(20)18-5-6-2-1-3-21-6/h4,6H,1-3,5,17H2,(H,18,20). The van der Waals surface area contributed by atoms with E-state index in [4.69, 9.17) is 10.5 Å². The Balaban J connectivity index is 2.12. The lowest BCUT2D eigenvalue weighted by Crippen LogP contribution is -2.33. The minimum absolute atomic E-state index is 0.0759. The summed E-state index contributed by atoms with van der Waals surface area (Å²) >= 11 is 2.71. The summed E-state index contributed by atoms with van der Waals surface area (Å²) in [5.74, 6) is -0.627. The summed E-state index contributed by atoms with van der Waals surface area (Å²) in [4.78, 5) is 15.5. The molecular formula is C12H13BrF3N3O2. The molecule has 1 saturated heterocycles. The number of anilines is 1. The second kappa shape index (κ2) is 6.18. The quantitative estimate of drug-likeness (QED) is 0.804. The van der Waals surface area contributed by atoms with Gasteiger partial charge < -0.3 is 15.8 Å². The number of pyridine rings is 1. The predicted octanol–water partition coefficient (Wildman–Crippen LogP) is 2.35. The van der Waals surface area contributed by atoms with Crippen LogP contribution in [0.4, 0.5) is 18.9 Å². The van der Waals surface area contributed by atoms with Crippen LogP contribution in [-0.4, -0.2) is 30.1 Å². The summed E-state index contributed by atoms with van der Waals surface area (Å²) in [6.45, 7) is 0.922. The Bertz CT molecular complexity index is 545. The van der Waals surface area contributed by atoms with Crippen molar-refractivity contribution in [2.45, 2.75) is 25.1 Å². The third-order valence-corrected chi connectivity index (χ3v) is 3.64. The second-order valence-electron chi connectivity index (χ2n) is 4.61. The molecule has 1 fully saturated rings. The van der Waals surface area contributed by atoms with Gasteiger partial charge in [-0.3, -0.25) is 4.79 Å². The third-order valence-electron chi connectivity index (χ3n) is 3.04. The normalized spacial score (nSPS) is 18.8. The summed E-state index contributed by atoms with van der Waals surface area (Å²) in [5.41, 5.74) is 3.91. The van der Waals surface area contributed by atoms with E-state index in [2.05, 4.69) is 26.2 Å². The number of amides is 1. The fourth-order valence-corrected chi connectivity index (χ4v) is 2.50. The van der Waals surface area contributed by atoms with Crippen molar-refractivity contribution in [1.82, 2.24) is 10.3 Å². The highest BCUT2D eigenvalue weighted by Crippen LogP contribution is 2.35. The molecule has 1 aromatic heterocycles. The van der Waals surface area contributed by atoms with Gasteiger partial charge in [-0.1, -0.05) is 0 Å². The van der Waals surface area contributed by atoms with Crippen LogP contribution in [-0.2, 0) is 10.9 Å². The number of hydrogen-bond acceptors (Lipinski definition) is 4. The molecule has 9 heteroatoms. The zero-order valence-corrected chi connectivity index (χ0v) is 12.4. The molecule has 0 saturated carbocycles. The molecule has 0 bridgehead atoms. The van der Waals surface area contributed by atoms with E-state index in [9.17, 15) is 18.0 Å². The Morgan fingerprint density at radius 1 is 1.57 bits per heavy atom. The summed E-state index contributed by atoms with van der Waals surface area (Å²) in [5, 5.41) is 2.56. The molecule has 5 nitrogen and oxygen atoms in total. The van der Waals surface area contributed by atoms with Gasteiger partial charge in [0.2, 0.25) is 0 Å². The fraction of sp³-hybridized carbons (Fsp3) is 0.500. The molecule has 3 N–H and O–H groups in total. The molecule has 1 aromatic rings. The molecule has 1 aliphatic rings. The van der Waals surface area contributed by atoms with E-state index in [0.29, 0.717) is 12.7 Å². The fourth-order valence-electron chi connectivity index (χ4n) is 1.98. The average molecular weight is 368 g/mol. The molecule has 0 spiro atoms. The van der Waals surface area contributed by atoms with Crippen LogP contribution >= 0.6 is 15.9 Å². The number of nitrogens with two attached hydrogens (primary N) is 1. The highest BCUT2D eigenvalue weighted by molar-refractivity contribution is 9.10. The Morgan fingerprint density at radius 2 is 2.29 bits per heavy atom. The van der Waals surface area contributed by atoms with Gasteiger partial charge in [-0.05, 0) is 34.8 Å². The Labute approximate surface area is 127 Å². The maximum Gasteiger partial charge on any atom is 0.419 e. The first-order valence-corrected chi connectivity index (χ1v) is 7.01. The number of carbonyl (C=O) groups is 1. The molecular weight excluding hydrogens is 355 g/mol. The molecule has 21 heavy (non-hydrogen) atoms. The highest BCUT2D eigenvalue weighted by Gasteiger charge is 2.35. The Hall–Kier alpha value is -1.35. The smallest absolute Gasteiger partial charge is 0.397 e. The minimum Gasteiger partial charge on any atom is -0.397 e. The van der Waals surface area contributed by atoms with Gasteiger partial charge >= 0.3 is 6.18 Å². The third kappa shape index (κ3) is 3.85. The lowest BCUT2D eigenvalue weighted by molar-refractivity contribution is -0.138. The highest BCUT2D eigenvalue weighted by atomic mass is 79.9. The number of hydrogen-bond donors (Lipinski definition) is 2. The van der Waals surface area contributed by atoms with Crippen molar-refractivity contribution in [3.8, 4) is 0 Å². The van der Waals surface area contributed by atoms with Crippen LogP contribution in [0.1, 0.15) is 28.9 Å². The lowest BCUT2D eigenvalue weighted by Gasteiger charge is -2.14. The Kier molecular flexibility index (Phi) is 4.72. The van der Waals surface area contributed by atoms with Crippen LogP contribution < -0.4 is 11.1 Å². The number of nitrogens with zero attached hydrogens (tertiary/aromatic N) is 1. The van der Waals surface area contributed by atoms with Crippen molar-refractivity contribution in [3.05, 3.63) is 21.9 Å². The molecule has 1 amide bonds. The van der Waals surface area contributed by atoms with Crippen LogP contribution in [0.3, 0.4) is 0 Å². The van der Waals surface area contributed by atoms with Crippen LogP contribution in [0.2, 0.25) is 0 Å². The summed E-state index contributed by atoms with van der Waals surface area (Å²) in [6.07, 6.45) is -2.91. The van der Waals surface area contributed by atoms with Crippen molar-refractivity contribution in [3.63, 3.8) is 0 Å².